The van der Waals surface area contributed by atoms with Crippen molar-refractivity contribution in [1.82, 2.24) is 0 Å². The Labute approximate surface area is 96.2 Å². The first-order valence-electron chi connectivity index (χ1n) is 6.00. The van der Waals surface area contributed by atoms with E-state index >= 15 is 0 Å². The average Bonchev–Trinajstić information content (AvgIpc) is 3.05. The van der Waals surface area contributed by atoms with Gasteiger partial charge in [-0.15, -0.1) is 0 Å². The van der Waals surface area contributed by atoms with Gasteiger partial charge in [0.1, 0.15) is 12.4 Å². The quantitative estimate of drug-likeness (QED) is 0.834. The van der Waals surface area contributed by atoms with Crippen LogP contribution in [-0.2, 0) is 0 Å². The predicted octanol–water partition coefficient (Wildman–Crippen LogP) is 1.62. The summed E-state index contributed by atoms with van der Waals surface area (Å²) in [6.07, 6.45) is 2.82. The lowest BCUT2D eigenvalue weighted by atomic mass is 9.96. The summed E-state index contributed by atoms with van der Waals surface area (Å²) in [6.45, 7) is 3.57. The molecule has 1 aliphatic carbocycles. The monoisotopic (exact) mass is 218 g/mol. The van der Waals surface area contributed by atoms with Crippen LogP contribution in [0, 0.1) is 5.41 Å². The maximum atomic E-state index is 5.67. The molecule has 2 aliphatic rings. The molecule has 0 bridgehead atoms. The van der Waals surface area contributed by atoms with Gasteiger partial charge >= 0.3 is 0 Å². The van der Waals surface area contributed by atoms with Crippen molar-refractivity contribution in [2.24, 2.45) is 11.1 Å². The van der Waals surface area contributed by atoms with Crippen LogP contribution < -0.4 is 15.4 Å². The lowest BCUT2D eigenvalue weighted by molar-refractivity contribution is 0.321. The number of nitrogens with zero attached hydrogens (tertiary/aromatic N) is 1. The summed E-state index contributed by atoms with van der Waals surface area (Å²) in [6, 6.07) is 8.26. The van der Waals surface area contributed by atoms with E-state index in [1.54, 1.807) is 0 Å². The molecule has 0 radical (unpaired) electrons. The standard InChI is InChI=1S/C13H18N2O/c14-7-8-16-12-4-2-1-3-11(12)15-9-13(10-15)5-6-13/h1-4H,5-10,14H2. The van der Waals surface area contributed by atoms with Crippen molar-refractivity contribution in [3.05, 3.63) is 24.3 Å². The zero-order valence-electron chi connectivity index (χ0n) is 9.48. The van der Waals surface area contributed by atoms with Gasteiger partial charge in [-0.25, -0.2) is 0 Å². The minimum absolute atomic E-state index is 0.568. The molecule has 1 spiro atoms. The number of hydrogen-bond donors (Lipinski definition) is 1. The number of rotatable bonds is 4. The molecule has 86 valence electrons. The normalized spacial score (nSPS) is 20.7. The van der Waals surface area contributed by atoms with Crippen LogP contribution in [0.5, 0.6) is 5.75 Å². The van der Waals surface area contributed by atoms with Gasteiger partial charge < -0.3 is 15.4 Å². The van der Waals surface area contributed by atoms with Gasteiger partial charge in [-0.05, 0) is 25.0 Å². The SMILES string of the molecule is NCCOc1ccccc1N1CC2(CC2)C1. The molecular weight excluding hydrogens is 200 g/mol. The Morgan fingerprint density at radius 3 is 2.69 bits per heavy atom. The molecule has 0 atom stereocenters. The molecule has 3 rings (SSSR count). The number of ether oxygens (including phenoxy) is 1. The third kappa shape index (κ3) is 1.65. The summed E-state index contributed by atoms with van der Waals surface area (Å²) in [4.78, 5) is 2.42. The van der Waals surface area contributed by atoms with Crippen LogP contribution in [0.15, 0.2) is 24.3 Å². The topological polar surface area (TPSA) is 38.5 Å². The first kappa shape index (κ1) is 9.97. The number of para-hydroxylation sites is 2. The Kier molecular flexibility index (Phi) is 2.28. The van der Waals surface area contributed by atoms with Gasteiger partial charge in [-0.2, -0.15) is 0 Å². The fraction of sp³-hybridized carbons (Fsp3) is 0.538. The van der Waals surface area contributed by atoms with E-state index in [9.17, 15) is 0 Å². The van der Waals surface area contributed by atoms with Crippen LogP contribution in [0.4, 0.5) is 5.69 Å². The smallest absolute Gasteiger partial charge is 0.142 e. The van der Waals surface area contributed by atoms with Crippen molar-refractivity contribution < 1.29 is 4.74 Å². The molecule has 1 aliphatic heterocycles. The highest BCUT2D eigenvalue weighted by Crippen LogP contribution is 2.54. The molecule has 1 saturated heterocycles. The summed E-state index contributed by atoms with van der Waals surface area (Å²) in [5.74, 6) is 0.975. The Balaban J connectivity index is 1.72. The van der Waals surface area contributed by atoms with Crippen molar-refractivity contribution in [2.75, 3.05) is 31.1 Å². The van der Waals surface area contributed by atoms with E-state index in [0.717, 1.165) is 5.75 Å². The van der Waals surface area contributed by atoms with Crippen molar-refractivity contribution in [1.29, 1.82) is 0 Å². The molecule has 2 fully saturated rings. The van der Waals surface area contributed by atoms with Crippen LogP contribution in [-0.4, -0.2) is 26.2 Å². The van der Waals surface area contributed by atoms with Crippen LogP contribution in [0.3, 0.4) is 0 Å². The summed E-state index contributed by atoms with van der Waals surface area (Å²) in [5.41, 5.74) is 7.38. The van der Waals surface area contributed by atoms with E-state index in [2.05, 4.69) is 17.0 Å². The summed E-state index contributed by atoms with van der Waals surface area (Å²) in [7, 11) is 0. The van der Waals surface area contributed by atoms with Gasteiger partial charge in [0.25, 0.3) is 0 Å². The molecule has 1 heterocycles. The van der Waals surface area contributed by atoms with Crippen LogP contribution in [0.1, 0.15) is 12.8 Å². The molecule has 1 saturated carbocycles. The molecule has 2 N–H and O–H groups in total. The molecule has 0 unspecified atom stereocenters. The zero-order valence-corrected chi connectivity index (χ0v) is 9.48. The third-order valence-corrected chi connectivity index (χ3v) is 3.59. The molecule has 1 aromatic carbocycles. The highest BCUT2D eigenvalue weighted by Gasteiger charge is 2.52. The minimum Gasteiger partial charge on any atom is -0.490 e. The third-order valence-electron chi connectivity index (χ3n) is 3.59. The van der Waals surface area contributed by atoms with E-state index in [0.29, 0.717) is 18.6 Å². The Morgan fingerprint density at radius 2 is 2.00 bits per heavy atom. The Morgan fingerprint density at radius 1 is 1.25 bits per heavy atom. The van der Waals surface area contributed by atoms with Gasteiger partial charge in [0, 0.05) is 25.0 Å². The fourth-order valence-corrected chi connectivity index (χ4v) is 2.44. The van der Waals surface area contributed by atoms with Crippen LogP contribution in [0.25, 0.3) is 0 Å². The second-order valence-corrected chi connectivity index (χ2v) is 4.96. The minimum atomic E-state index is 0.568. The van der Waals surface area contributed by atoms with Gasteiger partial charge in [-0.3, -0.25) is 0 Å². The maximum absolute atomic E-state index is 5.67. The largest absolute Gasteiger partial charge is 0.490 e. The average molecular weight is 218 g/mol. The molecule has 0 amide bonds. The highest BCUT2D eigenvalue weighted by atomic mass is 16.5. The van der Waals surface area contributed by atoms with Crippen molar-refractivity contribution in [3.8, 4) is 5.75 Å². The first-order valence-corrected chi connectivity index (χ1v) is 6.00. The zero-order chi connectivity index (χ0) is 11.0. The molecule has 16 heavy (non-hydrogen) atoms. The van der Waals surface area contributed by atoms with Crippen LogP contribution >= 0.6 is 0 Å². The van der Waals surface area contributed by atoms with Crippen molar-refractivity contribution >= 4 is 5.69 Å². The van der Waals surface area contributed by atoms with E-state index in [4.69, 9.17) is 10.5 Å². The molecule has 3 nitrogen and oxygen atoms in total. The van der Waals surface area contributed by atoms with Gasteiger partial charge in [0.05, 0.1) is 5.69 Å². The highest BCUT2D eigenvalue weighted by molar-refractivity contribution is 5.61. The molecule has 3 heteroatoms. The van der Waals surface area contributed by atoms with Gasteiger partial charge in [0.2, 0.25) is 0 Å². The van der Waals surface area contributed by atoms with E-state index in [1.165, 1.54) is 31.6 Å². The number of anilines is 1. The number of nitrogens with two attached hydrogens (primary N) is 1. The van der Waals surface area contributed by atoms with Gasteiger partial charge in [0.15, 0.2) is 0 Å². The second-order valence-electron chi connectivity index (χ2n) is 4.96. The van der Waals surface area contributed by atoms with Crippen LogP contribution in [0.2, 0.25) is 0 Å². The van der Waals surface area contributed by atoms with Gasteiger partial charge in [-0.1, -0.05) is 12.1 Å². The van der Waals surface area contributed by atoms with E-state index in [-0.39, 0.29) is 0 Å². The van der Waals surface area contributed by atoms with E-state index in [1.807, 2.05) is 12.1 Å². The van der Waals surface area contributed by atoms with Crippen molar-refractivity contribution in [3.63, 3.8) is 0 Å². The molecule has 1 aromatic rings. The predicted molar refractivity (Wildman–Crippen MR) is 64.9 cm³/mol. The number of hydrogen-bond acceptors (Lipinski definition) is 3. The fourth-order valence-electron chi connectivity index (χ4n) is 2.44. The molecule has 0 aromatic heterocycles. The Hall–Kier alpha value is -1.22. The molecular formula is C13H18N2O. The summed E-state index contributed by atoms with van der Waals surface area (Å²) in [5, 5.41) is 0. The lowest BCUT2D eigenvalue weighted by Crippen LogP contribution is -2.48. The maximum Gasteiger partial charge on any atom is 0.142 e. The summed E-state index contributed by atoms with van der Waals surface area (Å²) >= 11 is 0. The lowest BCUT2D eigenvalue weighted by Gasteiger charge is -2.42. The summed E-state index contributed by atoms with van der Waals surface area (Å²) < 4.78 is 5.67. The second kappa shape index (κ2) is 3.67. The Bertz CT molecular complexity index is 379. The first-order chi connectivity index (χ1) is 7.83. The number of benzene rings is 1. The van der Waals surface area contributed by atoms with Crippen molar-refractivity contribution in [2.45, 2.75) is 12.8 Å². The van der Waals surface area contributed by atoms with E-state index < -0.39 is 0 Å².